The van der Waals surface area contributed by atoms with Crippen molar-refractivity contribution in [1.29, 1.82) is 0 Å². The summed E-state index contributed by atoms with van der Waals surface area (Å²) in [7, 11) is 0. The van der Waals surface area contributed by atoms with E-state index >= 15 is 0 Å². The molecule has 0 aliphatic carbocycles. The van der Waals surface area contributed by atoms with Crippen LogP contribution in [0.5, 0.6) is 0 Å². The minimum atomic E-state index is -0.434. The highest BCUT2D eigenvalue weighted by atomic mass is 19.1. The van der Waals surface area contributed by atoms with Crippen molar-refractivity contribution < 1.29 is 13.5 Å². The monoisotopic (exact) mass is 186 g/mol. The van der Waals surface area contributed by atoms with Gasteiger partial charge < -0.3 is 4.74 Å². The van der Waals surface area contributed by atoms with E-state index in [4.69, 9.17) is 4.74 Å². The largest absolute Gasteiger partial charge is 0.377 e. The molecule has 0 spiro atoms. The molecule has 1 aromatic carbocycles. The lowest BCUT2D eigenvalue weighted by molar-refractivity contribution is 0.119. The quantitative estimate of drug-likeness (QED) is 0.657. The van der Waals surface area contributed by atoms with Crippen LogP contribution in [0, 0.1) is 11.6 Å². The van der Waals surface area contributed by atoms with Crippen LogP contribution in [-0.2, 0) is 11.3 Å². The third-order valence-electron chi connectivity index (χ3n) is 1.61. The van der Waals surface area contributed by atoms with E-state index in [0.717, 1.165) is 24.6 Å². The molecular weight excluding hydrogens is 174 g/mol. The Balaban J connectivity index is 2.59. The van der Waals surface area contributed by atoms with Crippen molar-refractivity contribution >= 4 is 0 Å². The van der Waals surface area contributed by atoms with Crippen LogP contribution in [0.3, 0.4) is 0 Å². The fourth-order valence-electron chi connectivity index (χ4n) is 0.980. The molecule has 0 aliphatic heterocycles. The number of hydrogen-bond donors (Lipinski definition) is 0. The minimum Gasteiger partial charge on any atom is -0.377 e. The Hall–Kier alpha value is -0.960. The molecule has 1 aromatic rings. The summed E-state index contributed by atoms with van der Waals surface area (Å²) in [5, 5.41) is 0. The number of hydrogen-bond acceptors (Lipinski definition) is 1. The van der Waals surface area contributed by atoms with Crippen molar-refractivity contribution in [1.82, 2.24) is 0 Å². The molecule has 1 rings (SSSR count). The van der Waals surface area contributed by atoms with E-state index in [9.17, 15) is 8.78 Å². The summed E-state index contributed by atoms with van der Waals surface area (Å²) in [4.78, 5) is 0. The predicted molar refractivity (Wildman–Crippen MR) is 46.3 cm³/mol. The van der Waals surface area contributed by atoms with Crippen molar-refractivity contribution in [3.05, 3.63) is 35.4 Å². The molecule has 0 fully saturated rings. The van der Waals surface area contributed by atoms with Gasteiger partial charge in [0.25, 0.3) is 0 Å². The van der Waals surface area contributed by atoms with E-state index in [2.05, 4.69) is 0 Å². The van der Waals surface area contributed by atoms with E-state index < -0.39 is 11.6 Å². The van der Waals surface area contributed by atoms with Gasteiger partial charge in [-0.05, 0) is 24.6 Å². The summed E-state index contributed by atoms with van der Waals surface area (Å²) in [5.41, 5.74) is 0.272. The molecule has 0 N–H and O–H groups in total. The standard InChI is InChI=1S/C10H12F2O/c1-2-5-13-7-8-6-9(11)3-4-10(8)12/h3-4,6H,2,5,7H2,1H3. The van der Waals surface area contributed by atoms with Gasteiger partial charge in [-0.3, -0.25) is 0 Å². The van der Waals surface area contributed by atoms with Crippen LogP contribution >= 0.6 is 0 Å². The van der Waals surface area contributed by atoms with Crippen LogP contribution in [0.15, 0.2) is 18.2 Å². The zero-order valence-corrected chi connectivity index (χ0v) is 7.52. The molecule has 0 saturated heterocycles. The number of halogens is 2. The Bertz CT molecular complexity index is 274. The van der Waals surface area contributed by atoms with Gasteiger partial charge in [0, 0.05) is 12.2 Å². The molecule has 0 unspecified atom stereocenters. The van der Waals surface area contributed by atoms with Crippen molar-refractivity contribution in [2.75, 3.05) is 6.61 Å². The van der Waals surface area contributed by atoms with Crippen molar-refractivity contribution in [3.63, 3.8) is 0 Å². The van der Waals surface area contributed by atoms with Crippen molar-refractivity contribution in [3.8, 4) is 0 Å². The summed E-state index contributed by atoms with van der Waals surface area (Å²) in [6.45, 7) is 2.66. The Kier molecular flexibility index (Phi) is 3.83. The first-order valence-electron chi connectivity index (χ1n) is 4.25. The number of rotatable bonds is 4. The SMILES string of the molecule is CCCOCc1cc(F)ccc1F. The fourth-order valence-corrected chi connectivity index (χ4v) is 0.980. The lowest BCUT2D eigenvalue weighted by Gasteiger charge is -2.03. The van der Waals surface area contributed by atoms with Crippen LogP contribution in [-0.4, -0.2) is 6.61 Å². The number of ether oxygens (including phenoxy) is 1. The van der Waals surface area contributed by atoms with E-state index in [-0.39, 0.29) is 12.2 Å². The van der Waals surface area contributed by atoms with Gasteiger partial charge in [-0.15, -0.1) is 0 Å². The van der Waals surface area contributed by atoms with Gasteiger partial charge >= 0.3 is 0 Å². The maximum atomic E-state index is 13.0. The molecule has 13 heavy (non-hydrogen) atoms. The van der Waals surface area contributed by atoms with Gasteiger partial charge in [0.1, 0.15) is 11.6 Å². The summed E-state index contributed by atoms with van der Waals surface area (Å²) < 4.78 is 30.7. The second-order valence-electron chi connectivity index (χ2n) is 2.79. The average molecular weight is 186 g/mol. The molecule has 0 heterocycles. The van der Waals surface area contributed by atoms with E-state index in [1.165, 1.54) is 0 Å². The van der Waals surface area contributed by atoms with Crippen LogP contribution < -0.4 is 0 Å². The summed E-state index contributed by atoms with van der Waals surface area (Å²) in [6.07, 6.45) is 0.872. The first kappa shape index (κ1) is 10.1. The molecule has 0 aromatic heterocycles. The van der Waals surface area contributed by atoms with E-state index in [1.807, 2.05) is 6.92 Å². The molecule has 0 radical (unpaired) electrons. The Morgan fingerprint density at radius 3 is 2.77 bits per heavy atom. The summed E-state index contributed by atoms with van der Waals surface area (Å²) in [5.74, 6) is -0.853. The molecule has 0 aliphatic rings. The average Bonchev–Trinajstić information content (AvgIpc) is 2.11. The van der Waals surface area contributed by atoms with Crippen LogP contribution in [0.4, 0.5) is 8.78 Å². The van der Waals surface area contributed by atoms with E-state index in [0.29, 0.717) is 6.61 Å². The minimum absolute atomic E-state index is 0.136. The van der Waals surface area contributed by atoms with Gasteiger partial charge in [-0.25, -0.2) is 8.78 Å². The zero-order valence-electron chi connectivity index (χ0n) is 7.52. The molecule has 0 atom stereocenters. The van der Waals surface area contributed by atoms with Crippen LogP contribution in [0.1, 0.15) is 18.9 Å². The Morgan fingerprint density at radius 2 is 2.08 bits per heavy atom. The molecule has 0 amide bonds. The van der Waals surface area contributed by atoms with Gasteiger partial charge in [-0.1, -0.05) is 6.92 Å². The molecular formula is C10H12F2O. The lowest BCUT2D eigenvalue weighted by atomic mass is 10.2. The molecule has 0 saturated carbocycles. The van der Waals surface area contributed by atoms with Gasteiger partial charge in [0.2, 0.25) is 0 Å². The van der Waals surface area contributed by atoms with Gasteiger partial charge in [0.15, 0.2) is 0 Å². The van der Waals surface area contributed by atoms with Crippen molar-refractivity contribution in [2.45, 2.75) is 20.0 Å². The first-order valence-corrected chi connectivity index (χ1v) is 4.25. The number of benzene rings is 1. The maximum absolute atomic E-state index is 13.0. The van der Waals surface area contributed by atoms with Crippen LogP contribution in [0.2, 0.25) is 0 Å². The highest BCUT2D eigenvalue weighted by molar-refractivity contribution is 5.17. The molecule has 1 nitrogen and oxygen atoms in total. The summed E-state index contributed by atoms with van der Waals surface area (Å²) >= 11 is 0. The second kappa shape index (κ2) is 4.92. The smallest absolute Gasteiger partial charge is 0.128 e. The zero-order chi connectivity index (χ0) is 9.68. The first-order chi connectivity index (χ1) is 6.24. The highest BCUT2D eigenvalue weighted by Gasteiger charge is 2.02. The molecule has 3 heteroatoms. The molecule has 72 valence electrons. The summed E-state index contributed by atoms with van der Waals surface area (Å²) in [6, 6.07) is 3.36. The third kappa shape index (κ3) is 3.11. The van der Waals surface area contributed by atoms with Crippen molar-refractivity contribution in [2.24, 2.45) is 0 Å². The Morgan fingerprint density at radius 1 is 1.31 bits per heavy atom. The topological polar surface area (TPSA) is 9.23 Å². The molecule has 0 bridgehead atoms. The lowest BCUT2D eigenvalue weighted by Crippen LogP contribution is -1.97. The second-order valence-corrected chi connectivity index (χ2v) is 2.79. The van der Waals surface area contributed by atoms with Gasteiger partial charge in [0.05, 0.1) is 6.61 Å². The normalized spacial score (nSPS) is 10.4. The third-order valence-corrected chi connectivity index (χ3v) is 1.61. The van der Waals surface area contributed by atoms with Gasteiger partial charge in [-0.2, -0.15) is 0 Å². The maximum Gasteiger partial charge on any atom is 0.128 e. The van der Waals surface area contributed by atoms with E-state index in [1.54, 1.807) is 0 Å². The van der Waals surface area contributed by atoms with Crippen LogP contribution in [0.25, 0.3) is 0 Å². The predicted octanol–water partition coefficient (Wildman–Crippen LogP) is 2.89. The Labute approximate surface area is 76.3 Å². The highest BCUT2D eigenvalue weighted by Crippen LogP contribution is 2.10. The fraction of sp³-hybridized carbons (Fsp3) is 0.400.